The molecule has 0 heterocycles. The molecule has 1 atom stereocenters. The first kappa shape index (κ1) is 23.7. The van der Waals surface area contributed by atoms with Crippen LogP contribution in [0, 0.1) is 0 Å². The van der Waals surface area contributed by atoms with E-state index < -0.39 is 11.9 Å². The van der Waals surface area contributed by atoms with Crippen LogP contribution in [0.25, 0.3) is 0 Å². The van der Waals surface area contributed by atoms with Gasteiger partial charge in [-0.15, -0.1) is 0 Å². The number of hydrogen-bond acceptors (Lipinski definition) is 6. The van der Waals surface area contributed by atoms with Crippen molar-refractivity contribution in [2.45, 2.75) is 19.3 Å². The van der Waals surface area contributed by atoms with E-state index in [1.807, 2.05) is 48.5 Å². The maximum atomic E-state index is 11.0. The Hall–Kier alpha value is -3.54. The molecule has 0 fully saturated rings. The van der Waals surface area contributed by atoms with E-state index >= 15 is 0 Å². The fourth-order valence-corrected chi connectivity index (χ4v) is 2.81. The van der Waals surface area contributed by atoms with Gasteiger partial charge >= 0.3 is 11.9 Å². The molecule has 0 N–H and O–H groups in total. The molecule has 2 aromatic rings. The van der Waals surface area contributed by atoms with E-state index in [-0.39, 0.29) is 13.2 Å². The summed E-state index contributed by atoms with van der Waals surface area (Å²) < 4.78 is 20.9. The molecular formula is C25H28O6. The Morgan fingerprint density at radius 2 is 1.23 bits per heavy atom. The quantitative estimate of drug-likeness (QED) is 0.272. The highest BCUT2D eigenvalue weighted by atomic mass is 16.6. The van der Waals surface area contributed by atoms with Gasteiger partial charge in [-0.25, -0.2) is 9.59 Å². The van der Waals surface area contributed by atoms with Gasteiger partial charge in [0.1, 0.15) is 37.9 Å². The molecule has 0 aliphatic heterocycles. The summed E-state index contributed by atoms with van der Waals surface area (Å²) in [6, 6.07) is 15.8. The predicted octanol–water partition coefficient (Wildman–Crippen LogP) is 4.25. The van der Waals surface area contributed by atoms with Gasteiger partial charge in [-0.3, -0.25) is 0 Å². The number of carbonyl (C=O) groups is 2. The second-order valence-corrected chi connectivity index (χ2v) is 6.76. The summed E-state index contributed by atoms with van der Waals surface area (Å²) in [5.74, 6) is 0.868. The third-order valence-corrected chi connectivity index (χ3v) is 4.44. The average Bonchev–Trinajstić information content (AvgIpc) is 2.80. The van der Waals surface area contributed by atoms with Gasteiger partial charge in [0.25, 0.3) is 0 Å². The average molecular weight is 424 g/mol. The molecule has 0 aliphatic carbocycles. The Balaban J connectivity index is 1.76. The minimum atomic E-state index is -0.457. The molecule has 2 aromatic carbocycles. The lowest BCUT2D eigenvalue weighted by Gasteiger charge is -2.14. The fourth-order valence-electron chi connectivity index (χ4n) is 2.81. The molecule has 6 heteroatoms. The zero-order valence-electron chi connectivity index (χ0n) is 17.8. The van der Waals surface area contributed by atoms with E-state index in [1.54, 1.807) is 0 Å². The van der Waals surface area contributed by atoms with Crippen LogP contribution < -0.4 is 9.47 Å². The van der Waals surface area contributed by atoms with Gasteiger partial charge in [0.2, 0.25) is 0 Å². The number of esters is 2. The molecule has 0 radical (unpaired) electrons. The van der Waals surface area contributed by atoms with Gasteiger partial charge in [-0.1, -0.05) is 44.3 Å². The van der Waals surface area contributed by atoms with E-state index in [4.69, 9.17) is 18.9 Å². The van der Waals surface area contributed by atoms with Crippen LogP contribution in [-0.2, 0) is 25.5 Å². The summed E-state index contributed by atoms with van der Waals surface area (Å²) in [7, 11) is 0. The summed E-state index contributed by atoms with van der Waals surface area (Å²) in [6.07, 6.45) is 3.13. The minimum Gasteiger partial charge on any atom is -0.490 e. The lowest BCUT2D eigenvalue weighted by Crippen LogP contribution is -2.10. The van der Waals surface area contributed by atoms with E-state index in [0.717, 1.165) is 30.1 Å². The lowest BCUT2D eigenvalue weighted by molar-refractivity contribution is -0.139. The zero-order valence-corrected chi connectivity index (χ0v) is 17.8. The molecule has 2 rings (SSSR count). The maximum Gasteiger partial charge on any atom is 0.330 e. The molecule has 0 aromatic heterocycles. The Labute approximate surface area is 183 Å². The minimum absolute atomic E-state index is 0.183. The molecule has 0 amide bonds. The van der Waals surface area contributed by atoms with Crippen molar-refractivity contribution in [2.75, 3.05) is 26.4 Å². The van der Waals surface area contributed by atoms with Crippen molar-refractivity contribution in [2.24, 2.45) is 0 Å². The van der Waals surface area contributed by atoms with E-state index in [9.17, 15) is 9.59 Å². The Morgan fingerprint density at radius 3 is 1.68 bits per heavy atom. The Bertz CT molecular complexity index is 855. The van der Waals surface area contributed by atoms with Gasteiger partial charge in [0.05, 0.1) is 0 Å². The van der Waals surface area contributed by atoms with Gasteiger partial charge in [-0.2, -0.15) is 0 Å². The van der Waals surface area contributed by atoms with E-state index in [1.165, 1.54) is 11.1 Å². The molecule has 0 bridgehead atoms. The predicted molar refractivity (Wildman–Crippen MR) is 118 cm³/mol. The fraction of sp³-hybridized carbons (Fsp3) is 0.280. The second kappa shape index (κ2) is 12.9. The first-order valence-electron chi connectivity index (χ1n) is 10.0. The maximum absolute atomic E-state index is 11.0. The zero-order chi connectivity index (χ0) is 22.5. The molecule has 0 aliphatic rings. The smallest absolute Gasteiger partial charge is 0.330 e. The Kier molecular flexibility index (Phi) is 9.88. The molecule has 0 spiro atoms. The van der Waals surface area contributed by atoms with Crippen molar-refractivity contribution >= 4 is 11.9 Å². The summed E-state index contributed by atoms with van der Waals surface area (Å²) in [4.78, 5) is 22.0. The number of benzene rings is 2. The molecule has 31 heavy (non-hydrogen) atoms. The topological polar surface area (TPSA) is 71.1 Å². The molecule has 0 saturated heterocycles. The van der Waals surface area contributed by atoms with Crippen LogP contribution in [0.1, 0.15) is 24.0 Å². The van der Waals surface area contributed by atoms with Crippen LogP contribution >= 0.6 is 0 Å². The molecule has 1 unspecified atom stereocenters. The Morgan fingerprint density at radius 1 is 0.774 bits per heavy atom. The van der Waals surface area contributed by atoms with Crippen molar-refractivity contribution in [3.05, 3.63) is 85.0 Å². The summed E-state index contributed by atoms with van der Waals surface area (Å²) in [5.41, 5.74) is 2.40. The molecule has 6 nitrogen and oxygen atoms in total. The third kappa shape index (κ3) is 8.78. The number of carbonyl (C=O) groups excluding carboxylic acids is 2. The van der Waals surface area contributed by atoms with Crippen molar-refractivity contribution < 1.29 is 28.5 Å². The van der Waals surface area contributed by atoms with Gasteiger partial charge in [-0.05, 0) is 47.7 Å². The highest BCUT2D eigenvalue weighted by Gasteiger charge is 2.08. The normalized spacial score (nSPS) is 11.1. The summed E-state index contributed by atoms with van der Waals surface area (Å²) in [6.45, 7) is 9.80. The van der Waals surface area contributed by atoms with Crippen LogP contribution in [0.3, 0.4) is 0 Å². The van der Waals surface area contributed by atoms with E-state index in [2.05, 4.69) is 20.1 Å². The number of hydrogen-bond donors (Lipinski definition) is 0. The first-order chi connectivity index (χ1) is 15.0. The number of ether oxygens (including phenoxy) is 4. The van der Waals surface area contributed by atoms with Crippen LogP contribution in [0.5, 0.6) is 11.5 Å². The third-order valence-electron chi connectivity index (χ3n) is 4.44. The van der Waals surface area contributed by atoms with Gasteiger partial charge < -0.3 is 18.9 Å². The highest BCUT2D eigenvalue weighted by Crippen LogP contribution is 2.24. The highest BCUT2D eigenvalue weighted by molar-refractivity contribution is 5.81. The van der Waals surface area contributed by atoms with Crippen molar-refractivity contribution in [1.29, 1.82) is 0 Å². The standard InChI is InChI=1S/C25H28O6/c1-4-24(26)30-16-14-28-22-10-6-20(7-11-22)18-19(3)21-8-12-23(13-9-21)29-15-17-31-25(27)5-2/h4-13,19H,1-2,14-18H2,3H3. The molecule has 164 valence electrons. The SMILES string of the molecule is C=CC(=O)OCCOc1ccc(CC(C)c2ccc(OCCOC(=O)C=C)cc2)cc1. The lowest BCUT2D eigenvalue weighted by atomic mass is 9.94. The summed E-state index contributed by atoms with van der Waals surface area (Å²) >= 11 is 0. The van der Waals surface area contributed by atoms with Crippen LogP contribution in [-0.4, -0.2) is 38.4 Å². The monoisotopic (exact) mass is 424 g/mol. The van der Waals surface area contributed by atoms with E-state index in [0.29, 0.717) is 19.1 Å². The summed E-state index contributed by atoms with van der Waals surface area (Å²) in [5, 5.41) is 0. The van der Waals surface area contributed by atoms with Crippen molar-refractivity contribution in [3.8, 4) is 11.5 Å². The number of rotatable bonds is 13. The van der Waals surface area contributed by atoms with Crippen molar-refractivity contribution in [1.82, 2.24) is 0 Å². The van der Waals surface area contributed by atoms with Gasteiger partial charge in [0, 0.05) is 12.2 Å². The van der Waals surface area contributed by atoms with Crippen LogP contribution in [0.4, 0.5) is 0 Å². The molecular weight excluding hydrogens is 396 g/mol. The van der Waals surface area contributed by atoms with Gasteiger partial charge in [0.15, 0.2) is 0 Å². The van der Waals surface area contributed by atoms with Crippen molar-refractivity contribution in [3.63, 3.8) is 0 Å². The molecule has 0 saturated carbocycles. The second-order valence-electron chi connectivity index (χ2n) is 6.76. The largest absolute Gasteiger partial charge is 0.490 e. The van der Waals surface area contributed by atoms with Crippen LogP contribution in [0.2, 0.25) is 0 Å². The van der Waals surface area contributed by atoms with Crippen LogP contribution in [0.15, 0.2) is 73.8 Å². The first-order valence-corrected chi connectivity index (χ1v) is 10.0.